The first-order valence-electron chi connectivity index (χ1n) is 5.85. The van der Waals surface area contributed by atoms with Crippen molar-refractivity contribution in [3.8, 4) is 0 Å². The number of carbonyl (C=O) groups is 2. The van der Waals surface area contributed by atoms with Crippen LogP contribution in [0.1, 0.15) is 13.3 Å². The number of anilines is 1. The fourth-order valence-electron chi connectivity index (χ4n) is 1.89. The molecule has 0 saturated heterocycles. The molecule has 0 fully saturated rings. The highest BCUT2D eigenvalue weighted by molar-refractivity contribution is 6.42. The summed E-state index contributed by atoms with van der Waals surface area (Å²) in [6, 6.07) is 4.79. The van der Waals surface area contributed by atoms with E-state index < -0.39 is 11.9 Å². The first-order chi connectivity index (χ1) is 9.43. The van der Waals surface area contributed by atoms with E-state index in [0.717, 1.165) is 0 Å². The Kier molecular flexibility index (Phi) is 4.30. The predicted molar refractivity (Wildman–Crippen MR) is 77.2 cm³/mol. The van der Waals surface area contributed by atoms with Crippen LogP contribution in [0.15, 0.2) is 23.3 Å². The molecule has 0 saturated carbocycles. The third kappa shape index (κ3) is 2.78. The van der Waals surface area contributed by atoms with Gasteiger partial charge in [-0.05, 0) is 25.1 Å². The molecule has 0 bridgehead atoms. The highest BCUT2D eigenvalue weighted by Gasteiger charge is 2.36. The number of rotatable bonds is 3. The Bertz CT molecular complexity index is 601. The number of ether oxygens (including phenoxy) is 1. The first kappa shape index (κ1) is 14.8. The summed E-state index contributed by atoms with van der Waals surface area (Å²) >= 11 is 11.8. The third-order valence-electron chi connectivity index (χ3n) is 3.02. The molecule has 7 heteroatoms. The van der Waals surface area contributed by atoms with Gasteiger partial charge in [0, 0.05) is 5.71 Å². The molecular weight excluding hydrogens is 303 g/mol. The molecule has 1 unspecified atom stereocenters. The van der Waals surface area contributed by atoms with Crippen LogP contribution in [0.5, 0.6) is 0 Å². The minimum Gasteiger partial charge on any atom is -0.469 e. The number of halogens is 2. The Balaban J connectivity index is 2.25. The Morgan fingerprint density at radius 2 is 2.10 bits per heavy atom. The molecule has 1 aliphatic heterocycles. The summed E-state index contributed by atoms with van der Waals surface area (Å²) in [5, 5.41) is 6.13. The van der Waals surface area contributed by atoms with Crippen LogP contribution in [-0.2, 0) is 14.3 Å². The highest BCUT2D eigenvalue weighted by Crippen LogP contribution is 2.31. The molecule has 0 radical (unpaired) electrons. The van der Waals surface area contributed by atoms with Gasteiger partial charge < -0.3 is 4.74 Å². The monoisotopic (exact) mass is 314 g/mol. The maximum Gasteiger partial charge on any atom is 0.306 e. The molecule has 1 heterocycles. The van der Waals surface area contributed by atoms with Crippen molar-refractivity contribution in [3.05, 3.63) is 28.2 Å². The molecule has 1 aromatic carbocycles. The molecule has 2 rings (SSSR count). The SMILES string of the molecule is COC(=O)CC1C(=O)N(c2ccc(Cl)c(Cl)c2)N=C1C. The number of methoxy groups -OCH3 is 1. The van der Waals surface area contributed by atoms with Gasteiger partial charge in [0.2, 0.25) is 0 Å². The van der Waals surface area contributed by atoms with Crippen molar-refractivity contribution in [1.82, 2.24) is 0 Å². The molecule has 0 aromatic heterocycles. The van der Waals surface area contributed by atoms with Gasteiger partial charge in [-0.1, -0.05) is 23.2 Å². The molecule has 20 heavy (non-hydrogen) atoms. The molecule has 1 aromatic rings. The number of hydrogen-bond donors (Lipinski definition) is 0. The van der Waals surface area contributed by atoms with Gasteiger partial charge in [-0.15, -0.1) is 0 Å². The van der Waals surface area contributed by atoms with E-state index in [1.807, 2.05) is 0 Å². The van der Waals surface area contributed by atoms with Crippen LogP contribution in [0.3, 0.4) is 0 Å². The summed E-state index contributed by atoms with van der Waals surface area (Å²) in [4.78, 5) is 23.6. The number of hydrazone groups is 1. The van der Waals surface area contributed by atoms with Crippen LogP contribution in [0.25, 0.3) is 0 Å². The molecule has 0 aliphatic carbocycles. The number of carbonyl (C=O) groups excluding carboxylic acids is 2. The van der Waals surface area contributed by atoms with E-state index in [1.54, 1.807) is 25.1 Å². The fraction of sp³-hybridized carbons (Fsp3) is 0.308. The zero-order chi connectivity index (χ0) is 14.9. The zero-order valence-corrected chi connectivity index (χ0v) is 12.4. The van der Waals surface area contributed by atoms with Crippen LogP contribution < -0.4 is 5.01 Å². The normalized spacial score (nSPS) is 18.2. The second kappa shape index (κ2) is 5.81. The Labute approximate surface area is 126 Å². The van der Waals surface area contributed by atoms with E-state index >= 15 is 0 Å². The van der Waals surface area contributed by atoms with Crippen molar-refractivity contribution in [3.63, 3.8) is 0 Å². The van der Waals surface area contributed by atoms with Crippen LogP contribution >= 0.6 is 23.2 Å². The molecule has 5 nitrogen and oxygen atoms in total. The summed E-state index contributed by atoms with van der Waals surface area (Å²) < 4.78 is 4.58. The van der Waals surface area contributed by atoms with E-state index in [9.17, 15) is 9.59 Å². The second-order valence-corrected chi connectivity index (χ2v) is 5.14. The van der Waals surface area contributed by atoms with Gasteiger partial charge in [0.05, 0.1) is 35.2 Å². The quantitative estimate of drug-likeness (QED) is 0.806. The lowest BCUT2D eigenvalue weighted by Crippen LogP contribution is -2.29. The number of hydrogen-bond acceptors (Lipinski definition) is 4. The van der Waals surface area contributed by atoms with E-state index in [0.29, 0.717) is 21.4 Å². The third-order valence-corrected chi connectivity index (χ3v) is 3.75. The van der Waals surface area contributed by atoms with Crippen LogP contribution in [0, 0.1) is 5.92 Å². The Morgan fingerprint density at radius 1 is 1.40 bits per heavy atom. The maximum absolute atomic E-state index is 12.3. The van der Waals surface area contributed by atoms with E-state index in [4.69, 9.17) is 23.2 Å². The van der Waals surface area contributed by atoms with Crippen molar-refractivity contribution < 1.29 is 14.3 Å². The lowest BCUT2D eigenvalue weighted by Gasteiger charge is -2.14. The number of benzene rings is 1. The average Bonchev–Trinajstić information content (AvgIpc) is 2.69. The van der Waals surface area contributed by atoms with Crippen molar-refractivity contribution >= 4 is 46.5 Å². The summed E-state index contributed by atoms with van der Waals surface area (Å²) in [5.74, 6) is -1.34. The van der Waals surface area contributed by atoms with E-state index in [2.05, 4.69) is 9.84 Å². The van der Waals surface area contributed by atoms with Gasteiger partial charge in [-0.25, -0.2) is 5.01 Å². The van der Waals surface area contributed by atoms with Crippen molar-refractivity contribution in [1.29, 1.82) is 0 Å². The zero-order valence-electron chi connectivity index (χ0n) is 10.9. The summed E-state index contributed by atoms with van der Waals surface area (Å²) in [6.07, 6.45) is -0.0253. The molecule has 106 valence electrons. The summed E-state index contributed by atoms with van der Waals surface area (Å²) in [7, 11) is 1.28. The largest absolute Gasteiger partial charge is 0.469 e. The van der Waals surface area contributed by atoms with E-state index in [1.165, 1.54) is 12.1 Å². The molecule has 0 spiro atoms. The minimum atomic E-state index is -0.600. The smallest absolute Gasteiger partial charge is 0.306 e. The van der Waals surface area contributed by atoms with Gasteiger partial charge in [0.15, 0.2) is 0 Å². The van der Waals surface area contributed by atoms with Gasteiger partial charge in [-0.2, -0.15) is 5.10 Å². The highest BCUT2D eigenvalue weighted by atomic mass is 35.5. The van der Waals surface area contributed by atoms with Crippen LogP contribution in [-0.4, -0.2) is 24.7 Å². The summed E-state index contributed by atoms with van der Waals surface area (Å²) in [6.45, 7) is 1.70. The maximum atomic E-state index is 12.3. The van der Waals surface area contributed by atoms with Crippen LogP contribution in [0.4, 0.5) is 5.69 Å². The standard InChI is InChI=1S/C13H12Cl2N2O3/c1-7-9(6-12(18)20-2)13(19)17(16-7)8-3-4-10(14)11(15)5-8/h3-5,9H,6H2,1-2H3. The molecular formula is C13H12Cl2N2O3. The number of esters is 1. The molecule has 0 N–H and O–H groups in total. The van der Waals surface area contributed by atoms with Gasteiger partial charge in [0.25, 0.3) is 5.91 Å². The Hall–Kier alpha value is -1.59. The fourth-order valence-corrected chi connectivity index (χ4v) is 2.18. The summed E-state index contributed by atoms with van der Waals surface area (Å²) in [5.41, 5.74) is 1.07. The van der Waals surface area contributed by atoms with Gasteiger partial charge in [-0.3, -0.25) is 9.59 Å². The van der Waals surface area contributed by atoms with Crippen molar-refractivity contribution in [2.24, 2.45) is 11.0 Å². The molecule has 1 amide bonds. The lowest BCUT2D eigenvalue weighted by atomic mass is 10.0. The minimum absolute atomic E-state index is 0.0253. The van der Waals surface area contributed by atoms with Crippen molar-refractivity contribution in [2.75, 3.05) is 12.1 Å². The van der Waals surface area contributed by atoms with Crippen molar-refractivity contribution in [2.45, 2.75) is 13.3 Å². The topological polar surface area (TPSA) is 59.0 Å². The van der Waals surface area contributed by atoms with Crippen LogP contribution in [0.2, 0.25) is 10.0 Å². The van der Waals surface area contributed by atoms with E-state index in [-0.39, 0.29) is 12.3 Å². The molecule has 1 aliphatic rings. The Morgan fingerprint density at radius 3 is 2.70 bits per heavy atom. The van der Waals surface area contributed by atoms with Gasteiger partial charge >= 0.3 is 5.97 Å². The number of nitrogens with zero attached hydrogens (tertiary/aromatic N) is 2. The van der Waals surface area contributed by atoms with Gasteiger partial charge in [0.1, 0.15) is 0 Å². The second-order valence-electron chi connectivity index (χ2n) is 4.32. The first-order valence-corrected chi connectivity index (χ1v) is 6.60. The average molecular weight is 315 g/mol. The predicted octanol–water partition coefficient (Wildman–Crippen LogP) is 2.90. The lowest BCUT2D eigenvalue weighted by molar-refractivity contribution is -0.142. The number of amides is 1. The molecule has 1 atom stereocenters.